The van der Waals surface area contributed by atoms with Crippen LogP contribution in [0.1, 0.15) is 47.5 Å². The van der Waals surface area contributed by atoms with Crippen molar-refractivity contribution in [1.82, 2.24) is 0 Å². The maximum atomic E-state index is 2.42. The summed E-state index contributed by atoms with van der Waals surface area (Å²) in [6, 6.07) is 0. The van der Waals surface area contributed by atoms with E-state index in [2.05, 4.69) is 40.7 Å². The lowest BCUT2D eigenvalue weighted by Gasteiger charge is -2.29. The van der Waals surface area contributed by atoms with Crippen LogP contribution >= 0.6 is 0 Å². The van der Waals surface area contributed by atoms with Gasteiger partial charge < -0.3 is 0 Å². The highest BCUT2D eigenvalue weighted by Crippen LogP contribution is 2.37. The highest BCUT2D eigenvalue weighted by molar-refractivity contribution is 5.38. The minimum atomic E-state index is 0.382. The summed E-state index contributed by atoms with van der Waals surface area (Å²) >= 11 is 0. The second kappa shape index (κ2) is 3.08. The molecule has 0 saturated carbocycles. The lowest BCUT2D eigenvalue weighted by Crippen LogP contribution is -2.14. The van der Waals surface area contributed by atoms with E-state index in [4.69, 9.17) is 0 Å². The van der Waals surface area contributed by atoms with Crippen LogP contribution in [0.4, 0.5) is 0 Å². The Kier molecular flexibility index (Phi) is 2.46. The Hall–Kier alpha value is -0.520. The molecule has 68 valence electrons. The summed E-state index contributed by atoms with van der Waals surface area (Å²) in [5.41, 5.74) is 5.04. The van der Waals surface area contributed by atoms with Crippen molar-refractivity contribution >= 4 is 0 Å². The van der Waals surface area contributed by atoms with Gasteiger partial charge >= 0.3 is 0 Å². The Bertz CT molecular complexity index is 239. The van der Waals surface area contributed by atoms with Gasteiger partial charge in [-0.2, -0.15) is 0 Å². The summed E-state index contributed by atoms with van der Waals surface area (Å²) in [5, 5.41) is 0. The first-order valence-electron chi connectivity index (χ1n) is 4.85. The molecule has 0 heteroatoms. The van der Waals surface area contributed by atoms with Gasteiger partial charge in [0.05, 0.1) is 0 Å². The average molecular weight is 164 g/mol. The maximum Gasteiger partial charge on any atom is -0.0132 e. The highest BCUT2D eigenvalue weighted by atomic mass is 14.3. The fraction of sp³-hybridized carbons (Fsp3) is 0.667. The number of hydrogen-bond acceptors (Lipinski definition) is 0. The summed E-state index contributed by atoms with van der Waals surface area (Å²) in [5.74, 6) is 0. The van der Waals surface area contributed by atoms with Crippen LogP contribution in [-0.4, -0.2) is 0 Å². The van der Waals surface area contributed by atoms with E-state index in [1.807, 2.05) is 0 Å². The summed E-state index contributed by atoms with van der Waals surface area (Å²) in [6.07, 6.45) is 4.83. The minimum absolute atomic E-state index is 0.382. The minimum Gasteiger partial charge on any atom is -0.0753 e. The zero-order valence-electron chi connectivity index (χ0n) is 8.99. The molecule has 0 saturated heterocycles. The molecule has 0 aromatic carbocycles. The second-order valence-corrected chi connectivity index (χ2v) is 4.61. The molecule has 0 heterocycles. The van der Waals surface area contributed by atoms with Gasteiger partial charge in [0.25, 0.3) is 0 Å². The molecule has 0 atom stereocenters. The van der Waals surface area contributed by atoms with Crippen LogP contribution in [0.25, 0.3) is 0 Å². The van der Waals surface area contributed by atoms with Crippen molar-refractivity contribution in [2.75, 3.05) is 0 Å². The van der Waals surface area contributed by atoms with Crippen molar-refractivity contribution in [3.05, 3.63) is 22.8 Å². The van der Waals surface area contributed by atoms with Crippen molar-refractivity contribution in [1.29, 1.82) is 0 Å². The van der Waals surface area contributed by atoms with E-state index in [1.54, 1.807) is 11.1 Å². The normalized spacial score (nSPS) is 22.6. The largest absolute Gasteiger partial charge is 0.0753 e. The predicted molar refractivity (Wildman–Crippen MR) is 55.1 cm³/mol. The van der Waals surface area contributed by atoms with Gasteiger partial charge in [-0.3, -0.25) is 0 Å². The van der Waals surface area contributed by atoms with Crippen molar-refractivity contribution in [2.45, 2.75) is 47.5 Å². The van der Waals surface area contributed by atoms with Crippen LogP contribution in [0, 0.1) is 5.41 Å². The van der Waals surface area contributed by atoms with Crippen LogP contribution < -0.4 is 0 Å². The molecular weight excluding hydrogens is 144 g/mol. The molecular formula is C12H20. The van der Waals surface area contributed by atoms with Crippen molar-refractivity contribution in [2.24, 2.45) is 5.41 Å². The molecule has 0 unspecified atom stereocenters. The van der Waals surface area contributed by atoms with Crippen LogP contribution in [0.15, 0.2) is 22.8 Å². The summed E-state index contributed by atoms with van der Waals surface area (Å²) < 4.78 is 0. The molecule has 0 aliphatic heterocycles. The van der Waals surface area contributed by atoms with Gasteiger partial charge in [0.1, 0.15) is 0 Å². The topological polar surface area (TPSA) is 0 Å². The first kappa shape index (κ1) is 9.57. The molecule has 0 spiro atoms. The lowest BCUT2D eigenvalue weighted by atomic mass is 9.76. The zero-order valence-corrected chi connectivity index (χ0v) is 8.99. The fourth-order valence-electron chi connectivity index (χ4n) is 2.43. The van der Waals surface area contributed by atoms with Crippen molar-refractivity contribution in [3.63, 3.8) is 0 Å². The van der Waals surface area contributed by atoms with E-state index in [1.165, 1.54) is 18.4 Å². The monoisotopic (exact) mass is 164 g/mol. The Morgan fingerprint density at radius 2 is 1.92 bits per heavy atom. The molecule has 0 bridgehead atoms. The number of allylic oxidation sites excluding steroid dienone is 4. The van der Waals surface area contributed by atoms with E-state index in [9.17, 15) is 0 Å². The lowest BCUT2D eigenvalue weighted by molar-refractivity contribution is 0.461. The zero-order chi connectivity index (χ0) is 9.35. The summed E-state index contributed by atoms with van der Waals surface area (Å²) in [6.45, 7) is 11.4. The molecule has 1 aliphatic carbocycles. The van der Waals surface area contributed by atoms with Gasteiger partial charge in [-0.15, -0.1) is 0 Å². The highest BCUT2D eigenvalue weighted by Gasteiger charge is 2.22. The Balaban J connectivity index is 3.00. The van der Waals surface area contributed by atoms with E-state index in [-0.39, 0.29) is 0 Å². The van der Waals surface area contributed by atoms with Crippen LogP contribution in [0.3, 0.4) is 0 Å². The molecule has 0 aromatic rings. The van der Waals surface area contributed by atoms with Gasteiger partial charge in [-0.05, 0) is 37.7 Å². The quantitative estimate of drug-likeness (QED) is 0.547. The van der Waals surface area contributed by atoms with E-state index >= 15 is 0 Å². The van der Waals surface area contributed by atoms with Gasteiger partial charge in [-0.1, -0.05) is 38.0 Å². The van der Waals surface area contributed by atoms with Gasteiger partial charge in [0.2, 0.25) is 0 Å². The van der Waals surface area contributed by atoms with Gasteiger partial charge in [-0.25, -0.2) is 0 Å². The SMILES string of the molecule is CCC1=C(C)CC(C)(C)C=C1C. The fourth-order valence-corrected chi connectivity index (χ4v) is 2.43. The van der Waals surface area contributed by atoms with Crippen molar-refractivity contribution < 1.29 is 0 Å². The first-order chi connectivity index (χ1) is 5.46. The van der Waals surface area contributed by atoms with E-state index in [0.717, 1.165) is 0 Å². The van der Waals surface area contributed by atoms with Crippen LogP contribution in [0.5, 0.6) is 0 Å². The third kappa shape index (κ3) is 1.80. The Morgan fingerprint density at radius 1 is 1.33 bits per heavy atom. The molecule has 1 rings (SSSR count). The Morgan fingerprint density at radius 3 is 2.33 bits per heavy atom. The molecule has 0 amide bonds. The maximum absolute atomic E-state index is 2.42. The average Bonchev–Trinajstić information content (AvgIpc) is 1.82. The predicted octanol–water partition coefficient (Wildman–Crippen LogP) is 4.09. The van der Waals surface area contributed by atoms with E-state index < -0.39 is 0 Å². The summed E-state index contributed by atoms with van der Waals surface area (Å²) in [4.78, 5) is 0. The Labute approximate surface area is 76.4 Å². The standard InChI is InChI=1S/C12H20/c1-6-11-9(2)7-12(4,5)8-10(11)3/h7H,6,8H2,1-5H3. The van der Waals surface area contributed by atoms with Crippen LogP contribution in [-0.2, 0) is 0 Å². The van der Waals surface area contributed by atoms with Crippen LogP contribution in [0.2, 0.25) is 0 Å². The first-order valence-corrected chi connectivity index (χ1v) is 4.85. The molecule has 0 nitrogen and oxygen atoms in total. The molecule has 1 aliphatic rings. The van der Waals surface area contributed by atoms with Gasteiger partial charge in [0, 0.05) is 0 Å². The third-order valence-corrected chi connectivity index (χ3v) is 2.67. The number of rotatable bonds is 1. The molecule has 0 radical (unpaired) electrons. The molecule has 0 N–H and O–H groups in total. The summed E-state index contributed by atoms with van der Waals surface area (Å²) in [7, 11) is 0. The van der Waals surface area contributed by atoms with E-state index in [0.29, 0.717) is 5.41 Å². The smallest absolute Gasteiger partial charge is 0.0132 e. The second-order valence-electron chi connectivity index (χ2n) is 4.61. The molecule has 0 aromatic heterocycles. The number of hydrogen-bond donors (Lipinski definition) is 0. The third-order valence-electron chi connectivity index (χ3n) is 2.67. The van der Waals surface area contributed by atoms with Gasteiger partial charge in [0.15, 0.2) is 0 Å². The van der Waals surface area contributed by atoms with Crippen molar-refractivity contribution in [3.8, 4) is 0 Å². The molecule has 0 fully saturated rings. The molecule has 12 heavy (non-hydrogen) atoms.